The van der Waals surface area contributed by atoms with E-state index in [0.717, 1.165) is 43.4 Å². The molecule has 3 rings (SSSR count). The molecule has 1 aromatic heterocycles. The van der Waals surface area contributed by atoms with Crippen LogP contribution >= 0.6 is 0 Å². The number of urea groups is 1. The lowest BCUT2D eigenvalue weighted by Crippen LogP contribution is -2.39. The third kappa shape index (κ3) is 6.34. The van der Waals surface area contributed by atoms with Gasteiger partial charge in [-0.25, -0.2) is 22.9 Å². The minimum atomic E-state index is -1.68. The number of carbonyl (C=O) groups is 2. The van der Waals surface area contributed by atoms with E-state index >= 15 is 0 Å². The molecule has 2 heterocycles. The van der Waals surface area contributed by atoms with Crippen LogP contribution in [0, 0.1) is 17.5 Å². The minimum absolute atomic E-state index is 0.207. The summed E-state index contributed by atoms with van der Waals surface area (Å²) < 4.78 is 39.6. The molecule has 0 bridgehead atoms. The normalized spacial score (nSPS) is 14.0. The third-order valence-electron chi connectivity index (χ3n) is 4.91. The maximum Gasteiger partial charge on any atom is 0.315 e. The van der Waals surface area contributed by atoms with Gasteiger partial charge in [-0.1, -0.05) is 18.9 Å². The third-order valence-corrected chi connectivity index (χ3v) is 4.91. The Morgan fingerprint density at radius 2 is 1.68 bits per heavy atom. The molecule has 0 unspecified atom stereocenters. The topological polar surface area (TPSA) is 86.4 Å². The van der Waals surface area contributed by atoms with Gasteiger partial charge in [0.15, 0.2) is 17.5 Å². The van der Waals surface area contributed by atoms with Crippen LogP contribution < -0.4 is 20.9 Å². The number of halogens is 3. The number of hydrogen-bond donors (Lipinski definition) is 3. The van der Waals surface area contributed by atoms with E-state index in [1.54, 1.807) is 6.20 Å². The molecular formula is C21H24F3N5O2. The van der Waals surface area contributed by atoms with Crippen LogP contribution in [-0.4, -0.2) is 36.6 Å². The molecule has 3 N–H and O–H groups in total. The first-order chi connectivity index (χ1) is 14.9. The lowest BCUT2D eigenvalue weighted by molar-refractivity contribution is -0.115. The Morgan fingerprint density at radius 1 is 0.935 bits per heavy atom. The van der Waals surface area contributed by atoms with Gasteiger partial charge in [-0.3, -0.25) is 4.79 Å². The Labute approximate surface area is 178 Å². The first kappa shape index (κ1) is 22.4. The lowest BCUT2D eigenvalue weighted by Gasteiger charge is -2.21. The van der Waals surface area contributed by atoms with Gasteiger partial charge < -0.3 is 20.9 Å². The van der Waals surface area contributed by atoms with Crippen LogP contribution in [0.5, 0.6) is 0 Å². The molecule has 0 saturated carbocycles. The fourth-order valence-electron chi connectivity index (χ4n) is 3.23. The summed E-state index contributed by atoms with van der Waals surface area (Å²) in [5.41, 5.74) is 0.281. The van der Waals surface area contributed by atoms with E-state index in [2.05, 4.69) is 25.8 Å². The Kier molecular flexibility index (Phi) is 7.69. The smallest absolute Gasteiger partial charge is 0.315 e. The highest BCUT2D eigenvalue weighted by Crippen LogP contribution is 2.19. The van der Waals surface area contributed by atoms with Crippen LogP contribution in [0.2, 0.25) is 0 Å². The molecule has 7 nitrogen and oxygen atoms in total. The molecule has 1 saturated heterocycles. The second kappa shape index (κ2) is 10.6. The highest BCUT2D eigenvalue weighted by Gasteiger charge is 2.15. The quantitative estimate of drug-likeness (QED) is 0.608. The number of amides is 3. The molecule has 2 aromatic rings. The molecule has 3 amide bonds. The zero-order valence-corrected chi connectivity index (χ0v) is 16.9. The Balaban J connectivity index is 1.41. The zero-order valence-electron chi connectivity index (χ0n) is 16.9. The predicted molar refractivity (Wildman–Crippen MR) is 110 cm³/mol. The van der Waals surface area contributed by atoms with Crippen molar-refractivity contribution in [3.63, 3.8) is 0 Å². The van der Waals surface area contributed by atoms with Crippen molar-refractivity contribution in [2.45, 2.75) is 32.2 Å². The monoisotopic (exact) mass is 435 g/mol. The van der Waals surface area contributed by atoms with Gasteiger partial charge in [0.2, 0.25) is 5.91 Å². The molecule has 0 aliphatic carbocycles. The van der Waals surface area contributed by atoms with Crippen molar-refractivity contribution in [3.05, 3.63) is 53.5 Å². The summed E-state index contributed by atoms with van der Waals surface area (Å²) in [6.07, 6.45) is 6.48. The van der Waals surface area contributed by atoms with Gasteiger partial charge in [0.1, 0.15) is 5.82 Å². The Hall–Kier alpha value is -3.30. The molecule has 31 heavy (non-hydrogen) atoms. The van der Waals surface area contributed by atoms with E-state index in [-0.39, 0.29) is 6.54 Å². The van der Waals surface area contributed by atoms with E-state index < -0.39 is 41.6 Å². The van der Waals surface area contributed by atoms with Gasteiger partial charge in [0.05, 0.1) is 12.2 Å². The largest absolute Gasteiger partial charge is 0.357 e. The second-order valence-electron chi connectivity index (χ2n) is 7.23. The van der Waals surface area contributed by atoms with Gasteiger partial charge in [-0.05, 0) is 36.6 Å². The molecular weight excluding hydrogens is 411 g/mol. The average Bonchev–Trinajstić information content (AvgIpc) is 3.07. The van der Waals surface area contributed by atoms with E-state index in [9.17, 15) is 22.8 Å². The van der Waals surface area contributed by atoms with Crippen molar-refractivity contribution in [1.82, 2.24) is 15.6 Å². The van der Waals surface area contributed by atoms with Crippen LogP contribution in [-0.2, 0) is 11.3 Å². The first-order valence-electron chi connectivity index (χ1n) is 10.1. The predicted octanol–water partition coefficient (Wildman–Crippen LogP) is 3.32. The van der Waals surface area contributed by atoms with Gasteiger partial charge in [0.25, 0.3) is 0 Å². The molecule has 1 aliphatic heterocycles. The molecule has 0 spiro atoms. The van der Waals surface area contributed by atoms with E-state index in [1.165, 1.54) is 12.8 Å². The average molecular weight is 435 g/mol. The van der Waals surface area contributed by atoms with Gasteiger partial charge in [-0.15, -0.1) is 0 Å². The van der Waals surface area contributed by atoms with Gasteiger partial charge in [-0.2, -0.15) is 0 Å². The number of nitrogens with one attached hydrogen (secondary N) is 3. The molecule has 0 radical (unpaired) electrons. The van der Waals surface area contributed by atoms with Crippen LogP contribution in [0.4, 0.5) is 29.5 Å². The summed E-state index contributed by atoms with van der Waals surface area (Å²) >= 11 is 0. The number of carbonyl (C=O) groups excluding carboxylic acids is 2. The van der Waals surface area contributed by atoms with Crippen molar-refractivity contribution in [2.75, 3.05) is 29.9 Å². The van der Waals surface area contributed by atoms with Crippen molar-refractivity contribution in [2.24, 2.45) is 0 Å². The number of pyridine rings is 1. The zero-order chi connectivity index (χ0) is 22.2. The number of nitrogens with zero attached hydrogens (tertiary/aromatic N) is 2. The molecule has 166 valence electrons. The number of aromatic nitrogens is 1. The van der Waals surface area contributed by atoms with Crippen LogP contribution in [0.1, 0.15) is 31.2 Å². The SMILES string of the molecule is O=C(CNC(=O)NCc1ccc(N2CCCCCC2)nc1)Nc1ccc(F)c(F)c1F. The summed E-state index contributed by atoms with van der Waals surface area (Å²) in [5.74, 6) is -4.42. The highest BCUT2D eigenvalue weighted by molar-refractivity contribution is 5.94. The summed E-state index contributed by atoms with van der Waals surface area (Å²) in [5, 5.41) is 6.97. The summed E-state index contributed by atoms with van der Waals surface area (Å²) in [6.45, 7) is 1.71. The molecule has 1 aliphatic rings. The van der Waals surface area contributed by atoms with Crippen LogP contribution in [0.25, 0.3) is 0 Å². The van der Waals surface area contributed by atoms with Crippen LogP contribution in [0.3, 0.4) is 0 Å². The minimum Gasteiger partial charge on any atom is -0.357 e. The van der Waals surface area contributed by atoms with Crippen molar-refractivity contribution in [3.8, 4) is 0 Å². The van der Waals surface area contributed by atoms with Crippen molar-refractivity contribution >= 4 is 23.4 Å². The van der Waals surface area contributed by atoms with Crippen molar-refractivity contribution in [1.29, 1.82) is 0 Å². The maximum absolute atomic E-state index is 13.6. The van der Waals surface area contributed by atoms with E-state index in [1.807, 2.05) is 12.1 Å². The van der Waals surface area contributed by atoms with Crippen LogP contribution in [0.15, 0.2) is 30.5 Å². The summed E-state index contributed by atoms with van der Waals surface area (Å²) in [4.78, 5) is 30.4. The summed E-state index contributed by atoms with van der Waals surface area (Å²) in [6, 6.07) is 4.78. The standard InChI is InChI=1S/C21H24F3N5O2/c22-15-6-7-16(20(24)19(15)23)28-18(30)13-27-21(31)26-12-14-5-8-17(25-11-14)29-9-3-1-2-4-10-29/h5-8,11H,1-4,9-10,12-13H2,(H,28,30)(H2,26,27,31). The molecule has 1 aromatic carbocycles. The van der Waals surface area contributed by atoms with Crippen molar-refractivity contribution < 1.29 is 22.8 Å². The number of anilines is 2. The molecule has 0 atom stereocenters. The molecule has 1 fully saturated rings. The van der Waals surface area contributed by atoms with Gasteiger partial charge >= 0.3 is 6.03 Å². The number of rotatable bonds is 6. The highest BCUT2D eigenvalue weighted by atomic mass is 19.2. The van der Waals surface area contributed by atoms with E-state index in [4.69, 9.17) is 0 Å². The molecule has 10 heteroatoms. The Morgan fingerprint density at radius 3 is 2.35 bits per heavy atom. The first-order valence-corrected chi connectivity index (χ1v) is 10.1. The lowest BCUT2D eigenvalue weighted by atomic mass is 10.2. The van der Waals surface area contributed by atoms with Gasteiger partial charge in [0, 0.05) is 25.8 Å². The fourth-order valence-corrected chi connectivity index (χ4v) is 3.23. The number of hydrogen-bond acceptors (Lipinski definition) is 4. The fraction of sp³-hybridized carbons (Fsp3) is 0.381. The van der Waals surface area contributed by atoms with E-state index in [0.29, 0.717) is 6.07 Å². The number of benzene rings is 1. The Bertz CT molecular complexity index is 916. The second-order valence-corrected chi connectivity index (χ2v) is 7.23. The maximum atomic E-state index is 13.6. The summed E-state index contributed by atoms with van der Waals surface area (Å²) in [7, 11) is 0.